The molecule has 0 saturated carbocycles. The van der Waals surface area contributed by atoms with Gasteiger partial charge in [0.15, 0.2) is 5.11 Å². The number of hydrogen-bond acceptors (Lipinski definition) is 4. The monoisotopic (exact) mass is 538 g/mol. The van der Waals surface area contributed by atoms with Crippen molar-refractivity contribution >= 4 is 34.6 Å². The number of amides is 1. The van der Waals surface area contributed by atoms with E-state index >= 15 is 0 Å². The lowest BCUT2D eigenvalue weighted by Gasteiger charge is -2.28. The van der Waals surface area contributed by atoms with Crippen molar-refractivity contribution in [2.45, 2.75) is 32.4 Å². The molecular formula is C31H34N6OS. The molecule has 3 heterocycles. The van der Waals surface area contributed by atoms with Crippen molar-refractivity contribution in [1.82, 2.24) is 19.8 Å². The van der Waals surface area contributed by atoms with Crippen molar-refractivity contribution in [3.8, 4) is 5.69 Å². The third-order valence-electron chi connectivity index (χ3n) is 7.25. The summed E-state index contributed by atoms with van der Waals surface area (Å²) < 4.78 is 2.28. The zero-order chi connectivity index (χ0) is 27.5. The van der Waals surface area contributed by atoms with Gasteiger partial charge in [0.2, 0.25) is 5.91 Å². The van der Waals surface area contributed by atoms with E-state index in [1.54, 1.807) is 0 Å². The molecule has 0 bridgehead atoms. The average Bonchev–Trinajstić information content (AvgIpc) is 3.42. The molecule has 1 fully saturated rings. The van der Waals surface area contributed by atoms with E-state index in [4.69, 9.17) is 12.2 Å². The maximum atomic E-state index is 12.8. The smallest absolute Gasteiger partial charge is 0.226 e. The molecule has 39 heavy (non-hydrogen) atoms. The van der Waals surface area contributed by atoms with Crippen LogP contribution in [0.25, 0.3) is 5.69 Å². The van der Waals surface area contributed by atoms with Gasteiger partial charge >= 0.3 is 0 Å². The predicted octanol–water partition coefficient (Wildman–Crippen LogP) is 5.56. The molecule has 2 aromatic carbocycles. The number of nitrogens with one attached hydrogen (secondary N) is 2. The van der Waals surface area contributed by atoms with Crippen molar-refractivity contribution in [1.29, 1.82) is 0 Å². The molecule has 1 aliphatic rings. The molecule has 0 radical (unpaired) electrons. The van der Waals surface area contributed by atoms with E-state index in [9.17, 15) is 4.79 Å². The number of para-hydroxylation sites is 1. The number of hydrogen-bond donors (Lipinski definition) is 2. The molecule has 2 atom stereocenters. The second-order valence-electron chi connectivity index (χ2n) is 10.1. The van der Waals surface area contributed by atoms with E-state index < -0.39 is 0 Å². The Bertz CT molecular complexity index is 1450. The Morgan fingerprint density at radius 2 is 1.74 bits per heavy atom. The van der Waals surface area contributed by atoms with Crippen molar-refractivity contribution < 1.29 is 4.79 Å². The number of benzene rings is 2. The van der Waals surface area contributed by atoms with Crippen molar-refractivity contribution in [2.24, 2.45) is 0 Å². The number of pyridine rings is 1. The summed E-state index contributed by atoms with van der Waals surface area (Å²) in [7, 11) is 4.09. The van der Waals surface area contributed by atoms with Gasteiger partial charge in [-0.2, -0.15) is 0 Å². The maximum absolute atomic E-state index is 12.8. The van der Waals surface area contributed by atoms with E-state index in [0.717, 1.165) is 39.7 Å². The summed E-state index contributed by atoms with van der Waals surface area (Å²) in [6.45, 7) is 4.77. The number of aryl methyl sites for hydroxylation is 1. The van der Waals surface area contributed by atoms with Crippen LogP contribution >= 0.6 is 12.2 Å². The largest absolute Gasteiger partial charge is 0.378 e. The quantitative estimate of drug-likeness (QED) is 0.287. The molecule has 8 heteroatoms. The minimum absolute atomic E-state index is 0.0458. The molecular weight excluding hydrogens is 504 g/mol. The van der Waals surface area contributed by atoms with Crippen LogP contribution in [0.15, 0.2) is 85.1 Å². The molecule has 1 saturated heterocycles. The minimum Gasteiger partial charge on any atom is -0.378 e. The van der Waals surface area contributed by atoms with E-state index in [2.05, 4.69) is 74.2 Å². The van der Waals surface area contributed by atoms with Gasteiger partial charge in [0.1, 0.15) is 0 Å². The summed E-state index contributed by atoms with van der Waals surface area (Å²) in [5.74, 6) is -0.0458. The molecule has 5 rings (SSSR count). The van der Waals surface area contributed by atoms with Gasteiger partial charge in [0.25, 0.3) is 0 Å². The van der Waals surface area contributed by atoms with Crippen LogP contribution in [-0.2, 0) is 4.79 Å². The third kappa shape index (κ3) is 5.52. The molecule has 1 amide bonds. The highest BCUT2D eigenvalue weighted by molar-refractivity contribution is 7.80. The fourth-order valence-corrected chi connectivity index (χ4v) is 5.67. The van der Waals surface area contributed by atoms with Gasteiger partial charge in [-0.3, -0.25) is 9.78 Å². The molecule has 1 aliphatic heterocycles. The molecule has 7 nitrogen and oxygen atoms in total. The van der Waals surface area contributed by atoms with Gasteiger partial charge < -0.3 is 25.0 Å². The number of aromatic nitrogens is 2. The SMILES string of the molecule is Cc1cc([C@H]2[C@H](c3ccccn3)NC(=S)N2CCC(=O)Nc2ccccc2)c(C)n1-c1ccc(N(C)C)cc1. The molecule has 4 aromatic rings. The van der Waals surface area contributed by atoms with Crippen LogP contribution in [0.3, 0.4) is 0 Å². The van der Waals surface area contributed by atoms with Gasteiger partial charge in [-0.1, -0.05) is 24.3 Å². The number of anilines is 2. The number of rotatable bonds is 8. The van der Waals surface area contributed by atoms with Gasteiger partial charge in [0, 0.05) is 61.7 Å². The first-order chi connectivity index (χ1) is 18.8. The zero-order valence-corrected chi connectivity index (χ0v) is 23.6. The maximum Gasteiger partial charge on any atom is 0.226 e. The Kier molecular flexibility index (Phi) is 7.65. The predicted molar refractivity (Wildman–Crippen MR) is 161 cm³/mol. The van der Waals surface area contributed by atoms with E-state index in [0.29, 0.717) is 18.1 Å². The van der Waals surface area contributed by atoms with Gasteiger partial charge in [-0.15, -0.1) is 0 Å². The van der Waals surface area contributed by atoms with Gasteiger partial charge in [0.05, 0.1) is 17.8 Å². The van der Waals surface area contributed by atoms with Crippen LogP contribution in [0, 0.1) is 13.8 Å². The van der Waals surface area contributed by atoms with Crippen LogP contribution in [-0.4, -0.2) is 46.1 Å². The summed E-state index contributed by atoms with van der Waals surface area (Å²) in [6, 6.07) is 26.0. The van der Waals surface area contributed by atoms with Crippen LogP contribution < -0.4 is 15.5 Å². The summed E-state index contributed by atoms with van der Waals surface area (Å²) in [4.78, 5) is 21.7. The van der Waals surface area contributed by atoms with E-state index in [-0.39, 0.29) is 18.0 Å². The summed E-state index contributed by atoms with van der Waals surface area (Å²) in [6.07, 6.45) is 2.12. The molecule has 0 unspecified atom stereocenters. The summed E-state index contributed by atoms with van der Waals surface area (Å²) in [5, 5.41) is 7.12. The normalized spacial score (nSPS) is 16.7. The lowest BCUT2D eigenvalue weighted by Crippen LogP contribution is -2.32. The highest BCUT2D eigenvalue weighted by Crippen LogP contribution is 2.41. The molecule has 0 spiro atoms. The van der Waals surface area contributed by atoms with E-state index in [1.807, 2.05) is 68.8 Å². The highest BCUT2D eigenvalue weighted by atomic mass is 32.1. The van der Waals surface area contributed by atoms with Crippen molar-refractivity contribution in [3.05, 3.63) is 108 Å². The van der Waals surface area contributed by atoms with Gasteiger partial charge in [-0.25, -0.2) is 0 Å². The Morgan fingerprint density at radius 1 is 1.03 bits per heavy atom. The lowest BCUT2D eigenvalue weighted by molar-refractivity contribution is -0.116. The first-order valence-corrected chi connectivity index (χ1v) is 13.5. The van der Waals surface area contributed by atoms with Crippen molar-refractivity contribution in [3.63, 3.8) is 0 Å². The second-order valence-corrected chi connectivity index (χ2v) is 10.4. The fourth-order valence-electron chi connectivity index (χ4n) is 5.34. The molecule has 2 aromatic heterocycles. The van der Waals surface area contributed by atoms with Crippen LogP contribution in [0.1, 0.15) is 41.1 Å². The number of nitrogens with zero attached hydrogens (tertiary/aromatic N) is 4. The Hall–Kier alpha value is -4.17. The summed E-state index contributed by atoms with van der Waals surface area (Å²) in [5.41, 5.74) is 7.41. The average molecular weight is 539 g/mol. The highest BCUT2D eigenvalue weighted by Gasteiger charge is 2.41. The topological polar surface area (TPSA) is 65.4 Å². The number of carbonyl (C=O) groups excluding carboxylic acids is 1. The Labute approximate surface area is 235 Å². The zero-order valence-electron chi connectivity index (χ0n) is 22.8. The Morgan fingerprint density at radius 3 is 2.41 bits per heavy atom. The lowest BCUT2D eigenvalue weighted by atomic mass is 9.96. The fraction of sp³-hybridized carbons (Fsp3) is 0.258. The number of carbonyl (C=O) groups is 1. The third-order valence-corrected chi connectivity index (χ3v) is 7.60. The molecule has 200 valence electrons. The minimum atomic E-state index is -0.138. The van der Waals surface area contributed by atoms with Gasteiger partial charge in [-0.05, 0) is 86.2 Å². The first-order valence-electron chi connectivity index (χ1n) is 13.1. The molecule has 2 N–H and O–H groups in total. The second kappa shape index (κ2) is 11.3. The van der Waals surface area contributed by atoms with Crippen LogP contribution in [0.4, 0.5) is 11.4 Å². The van der Waals surface area contributed by atoms with E-state index in [1.165, 1.54) is 0 Å². The molecule has 0 aliphatic carbocycles. The summed E-state index contributed by atoms with van der Waals surface area (Å²) >= 11 is 5.84. The number of thiocarbonyl (C=S) groups is 1. The van der Waals surface area contributed by atoms with Crippen LogP contribution in [0.2, 0.25) is 0 Å². The Balaban J connectivity index is 1.47. The first kappa shape index (κ1) is 26.4. The standard InChI is InChI=1S/C31H34N6OS/c1-21-20-26(22(2)37(21)25-15-13-24(14-16-25)35(3)4)30-29(27-12-8-9-18-32-27)34-31(39)36(30)19-17-28(38)33-23-10-6-5-7-11-23/h5-16,18,20,29-30H,17,19H2,1-4H3,(H,33,38)(H,34,39)/t29-,30-/m0/s1. The van der Waals surface area contributed by atoms with Crippen molar-refractivity contribution in [2.75, 3.05) is 30.9 Å². The van der Waals surface area contributed by atoms with Crippen LogP contribution in [0.5, 0.6) is 0 Å².